The minimum Gasteiger partial charge on any atom is -0.434 e. The highest BCUT2D eigenvalue weighted by atomic mass is 19.3. The third kappa shape index (κ3) is 3.32. The zero-order valence-corrected chi connectivity index (χ0v) is 12.1. The number of aromatic nitrogens is 2. The quantitative estimate of drug-likeness (QED) is 0.881. The van der Waals surface area contributed by atoms with Crippen LogP contribution in [0.25, 0.3) is 11.3 Å². The zero-order valence-electron chi connectivity index (χ0n) is 12.1. The Bertz CT molecular complexity index is 611. The molecule has 2 aromatic rings. The predicted octanol–water partition coefficient (Wildman–Crippen LogP) is 3.84. The van der Waals surface area contributed by atoms with Crippen molar-refractivity contribution >= 4 is 5.82 Å². The maximum atomic E-state index is 12.5. The van der Waals surface area contributed by atoms with Gasteiger partial charge in [-0.3, -0.25) is 0 Å². The van der Waals surface area contributed by atoms with E-state index in [0.717, 1.165) is 25.2 Å². The van der Waals surface area contributed by atoms with Crippen LogP contribution in [0, 0.1) is 6.92 Å². The highest BCUT2D eigenvalue weighted by Gasteiger charge is 2.18. The monoisotopic (exact) mass is 295 g/mol. The lowest BCUT2D eigenvalue weighted by Crippen LogP contribution is -2.06. The summed E-state index contributed by atoms with van der Waals surface area (Å²) in [5.41, 5.74) is 7.10. The summed E-state index contributed by atoms with van der Waals surface area (Å²) in [5.74, 6) is 1.33. The Morgan fingerprint density at radius 2 is 2.05 bits per heavy atom. The molecule has 0 aliphatic carbocycles. The van der Waals surface area contributed by atoms with Gasteiger partial charge in [-0.05, 0) is 25.5 Å². The molecule has 2 N–H and O–H groups in total. The predicted molar refractivity (Wildman–Crippen MR) is 78.4 cm³/mol. The molecule has 114 valence electrons. The number of nitrogens with two attached hydrogens (primary N) is 1. The van der Waals surface area contributed by atoms with Crippen molar-refractivity contribution in [3.05, 3.63) is 30.1 Å². The average molecular weight is 295 g/mol. The third-order valence-corrected chi connectivity index (χ3v) is 3.29. The molecule has 0 saturated heterocycles. The van der Waals surface area contributed by atoms with Crippen LogP contribution in [-0.2, 0) is 6.54 Å². The van der Waals surface area contributed by atoms with Crippen molar-refractivity contribution in [2.24, 2.45) is 0 Å². The minimum absolute atomic E-state index is 0.0827. The Labute approximate surface area is 122 Å². The fourth-order valence-corrected chi connectivity index (χ4v) is 2.24. The Hall–Kier alpha value is -2.11. The molecule has 21 heavy (non-hydrogen) atoms. The maximum Gasteiger partial charge on any atom is 0.387 e. The number of anilines is 1. The molecule has 0 bridgehead atoms. The Morgan fingerprint density at radius 1 is 1.33 bits per heavy atom. The summed E-state index contributed by atoms with van der Waals surface area (Å²) < 4.78 is 31.4. The fourth-order valence-electron chi connectivity index (χ4n) is 2.24. The van der Waals surface area contributed by atoms with Gasteiger partial charge in [0.25, 0.3) is 0 Å². The number of hydrogen-bond donors (Lipinski definition) is 1. The van der Waals surface area contributed by atoms with E-state index in [4.69, 9.17) is 5.73 Å². The molecule has 0 radical (unpaired) electrons. The number of alkyl halides is 2. The van der Waals surface area contributed by atoms with Gasteiger partial charge in [0, 0.05) is 12.1 Å². The molecule has 1 aromatic heterocycles. The summed E-state index contributed by atoms with van der Waals surface area (Å²) in [5, 5.41) is 0. The van der Waals surface area contributed by atoms with Crippen LogP contribution in [0.1, 0.15) is 25.6 Å². The number of benzene rings is 1. The smallest absolute Gasteiger partial charge is 0.387 e. The molecule has 1 heterocycles. The van der Waals surface area contributed by atoms with Gasteiger partial charge < -0.3 is 15.0 Å². The molecule has 0 amide bonds. The fraction of sp³-hybridized carbons (Fsp3) is 0.400. The van der Waals surface area contributed by atoms with E-state index in [-0.39, 0.29) is 5.75 Å². The van der Waals surface area contributed by atoms with E-state index < -0.39 is 6.61 Å². The van der Waals surface area contributed by atoms with Gasteiger partial charge >= 0.3 is 6.61 Å². The highest BCUT2D eigenvalue weighted by Crippen LogP contribution is 2.34. The van der Waals surface area contributed by atoms with Crippen molar-refractivity contribution in [2.45, 2.75) is 39.8 Å². The molecule has 0 fully saturated rings. The van der Waals surface area contributed by atoms with E-state index in [2.05, 4.69) is 16.6 Å². The zero-order chi connectivity index (χ0) is 15.4. The average Bonchev–Trinajstić information content (AvgIpc) is 2.72. The minimum atomic E-state index is -2.88. The Kier molecular flexibility index (Phi) is 4.77. The van der Waals surface area contributed by atoms with E-state index in [1.165, 1.54) is 6.07 Å². The van der Waals surface area contributed by atoms with Crippen LogP contribution in [0.2, 0.25) is 0 Å². The first-order chi connectivity index (χ1) is 10.0. The lowest BCUT2D eigenvalue weighted by molar-refractivity contribution is -0.0494. The Morgan fingerprint density at radius 3 is 2.71 bits per heavy atom. The van der Waals surface area contributed by atoms with Crippen molar-refractivity contribution in [1.29, 1.82) is 0 Å². The van der Waals surface area contributed by atoms with Crippen LogP contribution in [0.5, 0.6) is 5.75 Å². The standard InChI is InChI=1S/C15H19F2N3O/c1-3-4-9-20-10(2)19-13(14(20)18)11-7-5-6-8-12(11)21-15(16)17/h5-8,15H,3-4,9,18H2,1-2H3. The highest BCUT2D eigenvalue weighted by molar-refractivity contribution is 5.76. The normalized spacial score (nSPS) is 11.1. The number of para-hydroxylation sites is 1. The largest absolute Gasteiger partial charge is 0.434 e. The first kappa shape index (κ1) is 15.3. The molecule has 0 aliphatic heterocycles. The van der Waals surface area contributed by atoms with Crippen molar-refractivity contribution in [3.63, 3.8) is 0 Å². The molecule has 4 nitrogen and oxygen atoms in total. The molecule has 0 unspecified atom stereocenters. The summed E-state index contributed by atoms with van der Waals surface area (Å²) in [6, 6.07) is 6.55. The van der Waals surface area contributed by atoms with Crippen LogP contribution >= 0.6 is 0 Å². The second-order valence-electron chi connectivity index (χ2n) is 4.77. The molecule has 0 saturated carbocycles. The van der Waals surface area contributed by atoms with Gasteiger partial charge in [-0.1, -0.05) is 25.5 Å². The Balaban J connectivity index is 2.43. The second-order valence-corrected chi connectivity index (χ2v) is 4.77. The topological polar surface area (TPSA) is 53.1 Å². The molecule has 0 aliphatic rings. The van der Waals surface area contributed by atoms with Gasteiger partial charge in [0.2, 0.25) is 0 Å². The van der Waals surface area contributed by atoms with Crippen LogP contribution in [-0.4, -0.2) is 16.2 Å². The summed E-state index contributed by atoms with van der Waals surface area (Å²) in [6.07, 6.45) is 2.02. The molecule has 6 heteroatoms. The van der Waals surface area contributed by atoms with E-state index in [1.54, 1.807) is 18.2 Å². The summed E-state index contributed by atoms with van der Waals surface area (Å²) in [7, 11) is 0. The summed E-state index contributed by atoms with van der Waals surface area (Å²) >= 11 is 0. The molecule has 0 spiro atoms. The number of rotatable bonds is 6. The summed E-state index contributed by atoms with van der Waals surface area (Å²) in [4.78, 5) is 4.41. The van der Waals surface area contributed by atoms with Crippen LogP contribution in [0.3, 0.4) is 0 Å². The molecule has 0 atom stereocenters. The van der Waals surface area contributed by atoms with Gasteiger partial charge in [0.1, 0.15) is 23.1 Å². The lowest BCUT2D eigenvalue weighted by Gasteiger charge is -2.10. The van der Waals surface area contributed by atoms with Gasteiger partial charge in [-0.15, -0.1) is 0 Å². The molecule has 1 aromatic carbocycles. The molecule has 2 rings (SSSR count). The first-order valence-corrected chi connectivity index (χ1v) is 6.91. The molecular weight excluding hydrogens is 276 g/mol. The molecular formula is C15H19F2N3O. The van der Waals surface area contributed by atoms with Crippen LogP contribution < -0.4 is 10.5 Å². The van der Waals surface area contributed by atoms with Gasteiger partial charge in [-0.2, -0.15) is 8.78 Å². The van der Waals surface area contributed by atoms with Crippen LogP contribution in [0.4, 0.5) is 14.6 Å². The number of nitrogens with zero attached hydrogens (tertiary/aromatic N) is 2. The maximum absolute atomic E-state index is 12.5. The first-order valence-electron chi connectivity index (χ1n) is 6.91. The lowest BCUT2D eigenvalue weighted by atomic mass is 10.1. The second kappa shape index (κ2) is 6.56. The van der Waals surface area contributed by atoms with E-state index in [9.17, 15) is 8.78 Å². The SMILES string of the molecule is CCCCn1c(C)nc(-c2ccccc2OC(F)F)c1N. The third-order valence-electron chi connectivity index (χ3n) is 3.29. The number of unbranched alkanes of at least 4 members (excludes halogenated alkanes) is 1. The number of ether oxygens (including phenoxy) is 1. The number of aryl methyl sites for hydroxylation is 1. The summed E-state index contributed by atoms with van der Waals surface area (Å²) in [6.45, 7) is 1.83. The van der Waals surface area contributed by atoms with E-state index >= 15 is 0 Å². The van der Waals surface area contributed by atoms with Crippen molar-refractivity contribution in [1.82, 2.24) is 9.55 Å². The number of halogens is 2. The van der Waals surface area contributed by atoms with Crippen molar-refractivity contribution < 1.29 is 13.5 Å². The van der Waals surface area contributed by atoms with E-state index in [0.29, 0.717) is 17.1 Å². The number of hydrogen-bond acceptors (Lipinski definition) is 3. The van der Waals surface area contributed by atoms with Gasteiger partial charge in [-0.25, -0.2) is 4.98 Å². The number of nitrogen functional groups attached to an aromatic ring is 1. The van der Waals surface area contributed by atoms with Crippen molar-refractivity contribution in [3.8, 4) is 17.0 Å². The van der Waals surface area contributed by atoms with E-state index in [1.807, 2.05) is 11.5 Å². The van der Waals surface area contributed by atoms with Crippen LogP contribution in [0.15, 0.2) is 24.3 Å². The van der Waals surface area contributed by atoms with Crippen molar-refractivity contribution in [2.75, 3.05) is 5.73 Å². The number of imidazole rings is 1. The van der Waals surface area contributed by atoms with Gasteiger partial charge in [0.05, 0.1) is 0 Å². The van der Waals surface area contributed by atoms with Gasteiger partial charge in [0.15, 0.2) is 0 Å².